The maximum Gasteiger partial charge on any atom is 1.00 e. The first kappa shape index (κ1) is 16.1. The van der Waals surface area contributed by atoms with Crippen molar-refractivity contribution in [3.8, 4) is 0 Å². The summed E-state index contributed by atoms with van der Waals surface area (Å²) in [7, 11) is -4.61. The fraction of sp³-hybridized carbons (Fsp3) is 0. The summed E-state index contributed by atoms with van der Waals surface area (Å²) < 4.78 is 35.0. The molecule has 3 rings (SSSR count). The van der Waals surface area contributed by atoms with Crippen molar-refractivity contribution in [3.63, 3.8) is 0 Å². The second-order valence-electron chi connectivity index (χ2n) is 4.30. The Balaban J connectivity index is 0.00000161. The van der Waals surface area contributed by atoms with Gasteiger partial charge in [0.05, 0.1) is 17.1 Å². The number of nitrogens with one attached hydrogen (secondary N) is 1. The molecule has 0 amide bonds. The Labute approximate surface area is 145 Å². The first-order chi connectivity index (χ1) is 9.55. The topological polar surface area (TPSA) is 72.5 Å². The minimum absolute atomic E-state index is 0. The van der Waals surface area contributed by atoms with E-state index in [0.717, 1.165) is 9.87 Å². The maximum absolute atomic E-state index is 11.4. The fourth-order valence-corrected chi connectivity index (χ4v) is 2.72. The van der Waals surface area contributed by atoms with Gasteiger partial charge in [-0.3, -0.25) is 4.31 Å². The van der Waals surface area contributed by atoms with E-state index in [2.05, 4.69) is 5.32 Å². The van der Waals surface area contributed by atoms with Crippen LogP contribution in [-0.4, -0.2) is 13.0 Å². The van der Waals surface area contributed by atoms with Gasteiger partial charge in [-0.05, 0) is 17.7 Å². The maximum atomic E-state index is 11.4. The molecule has 0 saturated heterocycles. The molecule has 2 aromatic rings. The van der Waals surface area contributed by atoms with Crippen LogP contribution in [0, 0.1) is 0 Å². The number of fused-ring (bicyclic) bond motifs is 1. The Morgan fingerprint density at radius 1 is 0.952 bits per heavy atom. The third kappa shape index (κ3) is 3.30. The molecular weight excluding hydrogens is 299 g/mol. The molecule has 1 aliphatic heterocycles. The Kier molecular flexibility index (Phi) is 4.75. The van der Waals surface area contributed by atoms with Crippen LogP contribution >= 0.6 is 0 Å². The summed E-state index contributed by atoms with van der Waals surface area (Å²) in [4.78, 5) is 0. The van der Waals surface area contributed by atoms with Crippen LogP contribution in [0.1, 0.15) is 5.56 Å². The summed E-state index contributed by atoms with van der Waals surface area (Å²) in [5, 5.41) is 3.13. The Hall–Kier alpha value is -1.31. The van der Waals surface area contributed by atoms with E-state index < -0.39 is 10.3 Å². The van der Waals surface area contributed by atoms with Crippen LogP contribution in [0.15, 0.2) is 60.8 Å². The molecule has 1 N–H and O–H groups in total. The number of anilines is 2. The number of benzene rings is 2. The van der Waals surface area contributed by atoms with E-state index in [9.17, 15) is 13.0 Å². The molecule has 5 nitrogen and oxygen atoms in total. The van der Waals surface area contributed by atoms with Gasteiger partial charge in [0.15, 0.2) is 10.3 Å². The van der Waals surface area contributed by atoms with Crippen LogP contribution in [0.2, 0.25) is 0 Å². The number of para-hydroxylation sites is 2. The van der Waals surface area contributed by atoms with Crippen molar-refractivity contribution in [1.82, 2.24) is 0 Å². The summed E-state index contributed by atoms with van der Waals surface area (Å²) in [5.74, 6) is 0. The molecule has 0 atom stereocenters. The van der Waals surface area contributed by atoms with Crippen LogP contribution in [0.5, 0.6) is 0 Å². The fourth-order valence-electron chi connectivity index (χ4n) is 2.09. The molecule has 0 bridgehead atoms. The number of rotatable bonds is 2. The third-order valence-electron chi connectivity index (χ3n) is 2.98. The van der Waals surface area contributed by atoms with E-state index in [1.54, 1.807) is 24.3 Å². The second kappa shape index (κ2) is 6.21. The van der Waals surface area contributed by atoms with Crippen LogP contribution < -0.4 is 39.2 Å². The molecule has 0 saturated carbocycles. The summed E-state index contributed by atoms with van der Waals surface area (Å²) in [5.41, 5.74) is 2.26. The molecule has 1 heterocycles. The van der Waals surface area contributed by atoms with E-state index in [1.807, 2.05) is 30.3 Å². The molecular formula is C14H11N2NaO3S. The monoisotopic (exact) mass is 310 g/mol. The molecule has 0 unspecified atom stereocenters. The normalized spacial score (nSPS) is 13.6. The third-order valence-corrected chi connectivity index (χ3v) is 3.77. The van der Waals surface area contributed by atoms with E-state index in [-0.39, 0.29) is 29.6 Å². The predicted molar refractivity (Wildman–Crippen MR) is 76.7 cm³/mol. The van der Waals surface area contributed by atoms with Crippen LogP contribution in [0.3, 0.4) is 0 Å². The first-order valence-corrected chi connectivity index (χ1v) is 7.31. The zero-order chi connectivity index (χ0) is 14.2. The van der Waals surface area contributed by atoms with Gasteiger partial charge in [0.2, 0.25) is 0 Å². The minimum atomic E-state index is -4.61. The molecule has 1 aliphatic rings. The summed E-state index contributed by atoms with van der Waals surface area (Å²) >= 11 is 0. The largest absolute Gasteiger partial charge is 1.00 e. The van der Waals surface area contributed by atoms with Crippen LogP contribution in [0.4, 0.5) is 11.4 Å². The van der Waals surface area contributed by atoms with E-state index in [0.29, 0.717) is 17.1 Å². The van der Waals surface area contributed by atoms with Gasteiger partial charge in [0.1, 0.15) is 0 Å². The van der Waals surface area contributed by atoms with Crippen molar-refractivity contribution < 1.29 is 42.5 Å². The van der Waals surface area contributed by atoms with Gasteiger partial charge in [-0.25, -0.2) is 8.42 Å². The molecule has 102 valence electrons. The SMILES string of the molecule is O=S(=O)([O-])N1C=C(c2ccccc2)Nc2ccccc21.[Na+]. The van der Waals surface area contributed by atoms with Gasteiger partial charge in [-0.15, -0.1) is 0 Å². The smallest absolute Gasteiger partial charge is 0.731 e. The molecule has 0 fully saturated rings. The van der Waals surface area contributed by atoms with Crippen LogP contribution in [-0.2, 0) is 10.3 Å². The van der Waals surface area contributed by atoms with Gasteiger partial charge in [0.25, 0.3) is 0 Å². The average Bonchev–Trinajstić information content (AvgIpc) is 2.46. The van der Waals surface area contributed by atoms with Gasteiger partial charge in [-0.2, -0.15) is 0 Å². The molecule has 0 aliphatic carbocycles. The standard InChI is InChI=1S/C14H12N2O3S.Na/c17-20(18,19)16-10-13(11-6-2-1-3-7-11)15-12-8-4-5-9-14(12)16;/h1-10,15H,(H,17,18,19);/q;+1/p-1. The van der Waals surface area contributed by atoms with E-state index in [4.69, 9.17) is 0 Å². The molecule has 2 aromatic carbocycles. The summed E-state index contributed by atoms with van der Waals surface area (Å²) in [6.45, 7) is 0. The van der Waals surface area contributed by atoms with E-state index in [1.165, 1.54) is 6.20 Å². The average molecular weight is 310 g/mol. The minimum Gasteiger partial charge on any atom is -0.731 e. The number of nitrogens with zero attached hydrogens (tertiary/aromatic N) is 1. The molecule has 0 spiro atoms. The van der Waals surface area contributed by atoms with Gasteiger partial charge in [-0.1, -0.05) is 42.5 Å². The van der Waals surface area contributed by atoms with Gasteiger partial charge >= 0.3 is 29.6 Å². The number of hydrogen-bond acceptors (Lipinski definition) is 4. The van der Waals surface area contributed by atoms with Crippen molar-refractivity contribution in [2.24, 2.45) is 0 Å². The van der Waals surface area contributed by atoms with Gasteiger partial charge in [0, 0.05) is 6.20 Å². The molecule has 0 radical (unpaired) electrons. The summed E-state index contributed by atoms with van der Waals surface area (Å²) in [6.07, 6.45) is 1.31. The number of hydrogen-bond donors (Lipinski definition) is 1. The quantitative estimate of drug-likeness (QED) is 0.593. The zero-order valence-corrected chi connectivity index (χ0v) is 14.2. The first-order valence-electron chi connectivity index (χ1n) is 5.94. The molecule has 7 heteroatoms. The zero-order valence-electron chi connectivity index (χ0n) is 11.4. The predicted octanol–water partition coefficient (Wildman–Crippen LogP) is -0.619. The molecule has 21 heavy (non-hydrogen) atoms. The van der Waals surface area contributed by atoms with Crippen molar-refractivity contribution >= 4 is 27.4 Å². The Morgan fingerprint density at radius 3 is 2.24 bits per heavy atom. The Morgan fingerprint density at radius 2 is 1.57 bits per heavy atom. The van der Waals surface area contributed by atoms with Crippen LogP contribution in [0.25, 0.3) is 5.70 Å². The van der Waals surface area contributed by atoms with E-state index >= 15 is 0 Å². The van der Waals surface area contributed by atoms with Crippen molar-refractivity contribution in [2.75, 3.05) is 9.62 Å². The molecule has 0 aromatic heterocycles. The Bertz CT molecular complexity index is 776. The van der Waals surface area contributed by atoms with Gasteiger partial charge < -0.3 is 9.87 Å². The van der Waals surface area contributed by atoms with Crippen molar-refractivity contribution in [2.45, 2.75) is 0 Å². The summed E-state index contributed by atoms with van der Waals surface area (Å²) in [6, 6.07) is 16.0. The van der Waals surface area contributed by atoms with Crippen molar-refractivity contribution in [1.29, 1.82) is 0 Å². The second-order valence-corrected chi connectivity index (χ2v) is 5.55. The van der Waals surface area contributed by atoms with Crippen molar-refractivity contribution in [3.05, 3.63) is 66.4 Å².